The molecule has 0 aliphatic carbocycles. The van der Waals surface area contributed by atoms with Crippen molar-refractivity contribution in [1.29, 1.82) is 0 Å². The molecule has 3 heteroatoms. The van der Waals surface area contributed by atoms with Gasteiger partial charge in [0.15, 0.2) is 0 Å². The van der Waals surface area contributed by atoms with Crippen LogP contribution in [-0.2, 0) is 0 Å². The van der Waals surface area contributed by atoms with Crippen molar-refractivity contribution in [1.82, 2.24) is 0 Å². The van der Waals surface area contributed by atoms with Gasteiger partial charge in [-0.2, -0.15) is 0 Å². The fourth-order valence-corrected chi connectivity index (χ4v) is 2.30. The molecular weight excluding hydrogens is 214 g/mol. The van der Waals surface area contributed by atoms with Crippen molar-refractivity contribution in [2.75, 3.05) is 26.2 Å². The molecule has 0 spiro atoms. The molecular formula is C14H22NO2+. The highest BCUT2D eigenvalue weighted by Gasteiger charge is 2.19. The maximum atomic E-state index is 9.88. The molecule has 0 bridgehead atoms. The molecule has 1 atom stereocenters. The van der Waals surface area contributed by atoms with E-state index in [1.807, 2.05) is 24.3 Å². The van der Waals surface area contributed by atoms with Crippen molar-refractivity contribution in [2.24, 2.45) is 0 Å². The largest absolute Gasteiger partial charge is 0.491 e. The second-order valence-electron chi connectivity index (χ2n) is 4.94. The third-order valence-corrected chi connectivity index (χ3v) is 3.30. The molecule has 0 radical (unpaired) electrons. The Bertz CT molecular complexity index is 331. The number of hydrogen-bond acceptors (Lipinski definition) is 2. The number of quaternary nitrogens is 1. The van der Waals surface area contributed by atoms with Crippen molar-refractivity contribution in [3.8, 4) is 5.75 Å². The topological polar surface area (TPSA) is 33.9 Å². The average Bonchev–Trinajstić information content (AvgIpc) is 2.81. The molecule has 2 N–H and O–H groups in total. The van der Waals surface area contributed by atoms with Gasteiger partial charge in [-0.1, -0.05) is 17.7 Å². The van der Waals surface area contributed by atoms with Crippen molar-refractivity contribution < 1.29 is 14.7 Å². The Morgan fingerprint density at radius 1 is 1.24 bits per heavy atom. The second kappa shape index (κ2) is 6.03. The minimum Gasteiger partial charge on any atom is -0.491 e. The normalized spacial score (nSPS) is 18.2. The first-order valence-electron chi connectivity index (χ1n) is 6.45. The van der Waals surface area contributed by atoms with E-state index in [1.54, 1.807) is 0 Å². The van der Waals surface area contributed by atoms with Gasteiger partial charge in [0.1, 0.15) is 25.0 Å². The van der Waals surface area contributed by atoms with Crippen LogP contribution in [0.2, 0.25) is 0 Å². The predicted octanol–water partition coefficient (Wildman–Crippen LogP) is 0.413. The van der Waals surface area contributed by atoms with Gasteiger partial charge in [-0.25, -0.2) is 0 Å². The Kier molecular flexibility index (Phi) is 4.40. The van der Waals surface area contributed by atoms with Gasteiger partial charge in [-0.3, -0.25) is 0 Å². The van der Waals surface area contributed by atoms with E-state index in [-0.39, 0.29) is 6.10 Å². The zero-order valence-electron chi connectivity index (χ0n) is 10.5. The van der Waals surface area contributed by atoms with Crippen LogP contribution in [0, 0.1) is 6.92 Å². The second-order valence-corrected chi connectivity index (χ2v) is 4.94. The fourth-order valence-electron chi connectivity index (χ4n) is 2.30. The molecule has 2 rings (SSSR count). The van der Waals surface area contributed by atoms with Gasteiger partial charge >= 0.3 is 0 Å². The van der Waals surface area contributed by atoms with Crippen molar-refractivity contribution in [2.45, 2.75) is 25.9 Å². The minimum absolute atomic E-state index is 0.357. The average molecular weight is 236 g/mol. The molecule has 1 aromatic rings. The molecule has 1 aliphatic heterocycles. The molecule has 0 unspecified atom stereocenters. The van der Waals surface area contributed by atoms with Gasteiger partial charge in [0.25, 0.3) is 0 Å². The summed E-state index contributed by atoms with van der Waals surface area (Å²) in [6.45, 7) is 5.65. The van der Waals surface area contributed by atoms with E-state index >= 15 is 0 Å². The maximum absolute atomic E-state index is 9.88. The summed E-state index contributed by atoms with van der Waals surface area (Å²) in [5.41, 5.74) is 1.22. The van der Waals surface area contributed by atoms with E-state index in [2.05, 4.69) is 6.92 Å². The number of rotatable bonds is 5. The standard InChI is InChI=1S/C14H21NO2/c1-12-4-6-14(7-5-12)17-11-13(16)10-15-8-2-3-9-15/h4-7,13,16H,2-3,8-11H2,1H3/p+1/t13-/m1/s1. The lowest BCUT2D eigenvalue weighted by atomic mass is 10.2. The van der Waals surface area contributed by atoms with Gasteiger partial charge in [-0.05, 0) is 19.1 Å². The molecule has 1 aromatic carbocycles. The Balaban J connectivity index is 1.71. The first-order valence-corrected chi connectivity index (χ1v) is 6.45. The summed E-state index contributed by atoms with van der Waals surface area (Å²) in [4.78, 5) is 1.50. The van der Waals surface area contributed by atoms with E-state index < -0.39 is 0 Å². The number of likely N-dealkylation sites (tertiary alicyclic amines) is 1. The van der Waals surface area contributed by atoms with Gasteiger partial charge in [0.2, 0.25) is 0 Å². The van der Waals surface area contributed by atoms with Crippen molar-refractivity contribution in [3.63, 3.8) is 0 Å². The summed E-state index contributed by atoms with van der Waals surface area (Å²) in [5.74, 6) is 0.839. The lowest BCUT2D eigenvalue weighted by Crippen LogP contribution is -3.11. The van der Waals surface area contributed by atoms with E-state index in [4.69, 9.17) is 4.74 Å². The Morgan fingerprint density at radius 2 is 1.88 bits per heavy atom. The van der Waals surface area contributed by atoms with E-state index in [9.17, 15) is 5.11 Å². The SMILES string of the molecule is Cc1ccc(OC[C@H](O)C[NH+]2CCCC2)cc1. The molecule has 0 aromatic heterocycles. The van der Waals surface area contributed by atoms with Crippen LogP contribution >= 0.6 is 0 Å². The van der Waals surface area contributed by atoms with Crippen LogP contribution in [0.3, 0.4) is 0 Å². The van der Waals surface area contributed by atoms with Crippen LogP contribution < -0.4 is 9.64 Å². The number of aryl methyl sites for hydroxylation is 1. The summed E-state index contributed by atoms with van der Waals surface area (Å²) in [6, 6.07) is 7.94. The molecule has 1 aliphatic rings. The summed E-state index contributed by atoms with van der Waals surface area (Å²) < 4.78 is 5.57. The minimum atomic E-state index is -0.357. The van der Waals surface area contributed by atoms with E-state index in [0.717, 1.165) is 12.3 Å². The summed E-state index contributed by atoms with van der Waals surface area (Å²) in [7, 11) is 0. The summed E-state index contributed by atoms with van der Waals surface area (Å²) in [6.07, 6.45) is 2.23. The van der Waals surface area contributed by atoms with Gasteiger partial charge in [-0.15, -0.1) is 0 Å². The number of aliphatic hydroxyl groups is 1. The quantitative estimate of drug-likeness (QED) is 0.776. The number of nitrogens with one attached hydrogen (secondary N) is 1. The lowest BCUT2D eigenvalue weighted by Gasteiger charge is -2.17. The summed E-state index contributed by atoms with van der Waals surface area (Å²) >= 11 is 0. The zero-order valence-corrected chi connectivity index (χ0v) is 10.5. The van der Waals surface area contributed by atoms with E-state index in [0.29, 0.717) is 6.61 Å². The van der Waals surface area contributed by atoms with Crippen LogP contribution in [-0.4, -0.2) is 37.5 Å². The highest BCUT2D eigenvalue weighted by atomic mass is 16.5. The number of ether oxygens (including phenoxy) is 1. The highest BCUT2D eigenvalue weighted by Crippen LogP contribution is 2.11. The monoisotopic (exact) mass is 236 g/mol. The first kappa shape index (κ1) is 12.4. The highest BCUT2D eigenvalue weighted by molar-refractivity contribution is 5.26. The molecule has 0 amide bonds. The van der Waals surface area contributed by atoms with Gasteiger partial charge < -0.3 is 14.7 Å². The molecule has 3 nitrogen and oxygen atoms in total. The van der Waals surface area contributed by atoms with Gasteiger partial charge in [0.05, 0.1) is 13.1 Å². The van der Waals surface area contributed by atoms with Crippen LogP contribution in [0.25, 0.3) is 0 Å². The smallest absolute Gasteiger partial charge is 0.137 e. The first-order chi connectivity index (χ1) is 8.24. The molecule has 0 saturated carbocycles. The molecule has 1 heterocycles. The predicted molar refractivity (Wildman–Crippen MR) is 67.5 cm³/mol. The Labute approximate surface area is 103 Å². The van der Waals surface area contributed by atoms with E-state index in [1.165, 1.54) is 36.4 Å². The Morgan fingerprint density at radius 3 is 2.53 bits per heavy atom. The maximum Gasteiger partial charge on any atom is 0.137 e. The van der Waals surface area contributed by atoms with Crippen LogP contribution in [0.1, 0.15) is 18.4 Å². The molecule has 17 heavy (non-hydrogen) atoms. The van der Waals surface area contributed by atoms with Crippen molar-refractivity contribution in [3.05, 3.63) is 29.8 Å². The van der Waals surface area contributed by atoms with Gasteiger partial charge in [0, 0.05) is 12.8 Å². The van der Waals surface area contributed by atoms with Crippen LogP contribution in [0.15, 0.2) is 24.3 Å². The molecule has 1 fully saturated rings. The Hall–Kier alpha value is -1.06. The third-order valence-electron chi connectivity index (χ3n) is 3.30. The van der Waals surface area contributed by atoms with Crippen LogP contribution in [0.4, 0.5) is 0 Å². The number of benzene rings is 1. The lowest BCUT2D eigenvalue weighted by molar-refractivity contribution is -0.890. The molecule has 94 valence electrons. The molecule has 1 saturated heterocycles. The number of aliphatic hydroxyl groups excluding tert-OH is 1. The number of hydrogen-bond donors (Lipinski definition) is 2. The van der Waals surface area contributed by atoms with Crippen molar-refractivity contribution >= 4 is 0 Å². The van der Waals surface area contributed by atoms with Crippen LogP contribution in [0.5, 0.6) is 5.75 Å². The third kappa shape index (κ3) is 4.02. The zero-order chi connectivity index (χ0) is 12.1. The fraction of sp³-hybridized carbons (Fsp3) is 0.571. The summed E-state index contributed by atoms with van der Waals surface area (Å²) in [5, 5.41) is 9.88.